The minimum atomic E-state index is -0.335. The fourth-order valence-electron chi connectivity index (χ4n) is 3.88. The third-order valence-corrected chi connectivity index (χ3v) is 5.73. The molecule has 0 atom stereocenters. The van der Waals surface area contributed by atoms with Gasteiger partial charge in [0.1, 0.15) is 11.0 Å². The van der Waals surface area contributed by atoms with Crippen LogP contribution in [0.15, 0.2) is 49.4 Å². The van der Waals surface area contributed by atoms with Crippen LogP contribution < -0.4 is 11.2 Å². The number of fused-ring (bicyclic) bond motifs is 1. The largest absolute Gasteiger partial charge is 0.339 e. The predicted molar refractivity (Wildman–Crippen MR) is 123 cm³/mol. The second-order valence-corrected chi connectivity index (χ2v) is 8.37. The molecule has 0 aliphatic carbocycles. The number of unbranched alkanes of at least 4 members (excludes halogenated alkanes) is 2. The summed E-state index contributed by atoms with van der Waals surface area (Å²) in [6.07, 6.45) is 4.79. The number of nitrogens with zero attached hydrogens (tertiary/aromatic N) is 5. The van der Waals surface area contributed by atoms with Crippen LogP contribution in [-0.4, -0.2) is 24.4 Å². The summed E-state index contributed by atoms with van der Waals surface area (Å²) in [5, 5.41) is 4.37. The third kappa shape index (κ3) is 4.91. The number of hydrogen-bond donors (Lipinski definition) is 0. The van der Waals surface area contributed by atoms with Crippen molar-refractivity contribution in [1.82, 2.24) is 19.3 Å². The summed E-state index contributed by atoms with van der Waals surface area (Å²) in [6, 6.07) is 9.90. The number of benzene rings is 1. The molecule has 32 heavy (non-hydrogen) atoms. The standard InChI is InChI=1S/C23H26ClN5O3/c1-2-3-7-12-28-21-17(15-18(24)25-21)22(30)29(23(28)31)13-8-11-19-26-20(32-27-19)14-16-9-5-4-6-10-16/h4-6,9-10H,2-3,7-8,11-15H2,1H3. The Bertz CT molecular complexity index is 1230. The van der Waals surface area contributed by atoms with Gasteiger partial charge in [0.05, 0.1) is 12.0 Å². The third-order valence-electron chi connectivity index (χ3n) is 5.52. The lowest BCUT2D eigenvalue weighted by Gasteiger charge is -2.13. The maximum absolute atomic E-state index is 13.1. The molecule has 3 aromatic rings. The van der Waals surface area contributed by atoms with Gasteiger partial charge in [-0.3, -0.25) is 13.9 Å². The maximum atomic E-state index is 13.1. The number of aliphatic imine (C=N–C) groups is 1. The molecule has 3 heterocycles. The molecule has 1 aliphatic heterocycles. The van der Waals surface area contributed by atoms with Gasteiger partial charge in [-0.15, -0.1) is 0 Å². The minimum Gasteiger partial charge on any atom is -0.339 e. The van der Waals surface area contributed by atoms with Crippen LogP contribution in [0, 0.1) is 0 Å². The molecule has 2 aromatic heterocycles. The van der Waals surface area contributed by atoms with Crippen molar-refractivity contribution in [1.29, 1.82) is 0 Å². The number of hydrogen-bond acceptors (Lipinski definition) is 6. The molecule has 4 rings (SSSR count). The Hall–Kier alpha value is -3.00. The quantitative estimate of drug-likeness (QED) is 0.435. The molecule has 9 heteroatoms. The Morgan fingerprint density at radius 2 is 1.84 bits per heavy atom. The maximum Gasteiger partial charge on any atom is 0.332 e. The summed E-state index contributed by atoms with van der Waals surface area (Å²) < 4.78 is 8.22. The minimum absolute atomic E-state index is 0.275. The fourth-order valence-corrected chi connectivity index (χ4v) is 4.09. The molecule has 8 nitrogen and oxygen atoms in total. The summed E-state index contributed by atoms with van der Waals surface area (Å²) in [5.41, 5.74) is 0.944. The van der Waals surface area contributed by atoms with Crippen molar-refractivity contribution in [2.24, 2.45) is 4.99 Å². The van der Waals surface area contributed by atoms with Crippen LogP contribution >= 0.6 is 11.6 Å². The van der Waals surface area contributed by atoms with Crippen LogP contribution in [0.25, 0.3) is 0 Å². The second kappa shape index (κ2) is 10.1. The van der Waals surface area contributed by atoms with E-state index in [0.717, 1.165) is 24.8 Å². The first-order valence-corrected chi connectivity index (χ1v) is 11.4. The van der Waals surface area contributed by atoms with Gasteiger partial charge in [-0.1, -0.05) is 66.9 Å². The Morgan fingerprint density at radius 3 is 2.62 bits per heavy atom. The van der Waals surface area contributed by atoms with Gasteiger partial charge in [-0.25, -0.2) is 9.79 Å². The molecule has 0 radical (unpaired) electrons. The van der Waals surface area contributed by atoms with E-state index in [9.17, 15) is 9.59 Å². The number of rotatable bonds is 10. The highest BCUT2D eigenvalue weighted by atomic mass is 35.5. The Kier molecular flexibility index (Phi) is 6.99. The Labute approximate surface area is 190 Å². The number of aryl methyl sites for hydroxylation is 1. The lowest BCUT2D eigenvalue weighted by molar-refractivity contribution is 0.378. The normalized spacial score (nSPS) is 12.8. The van der Waals surface area contributed by atoms with Crippen LogP contribution in [0.3, 0.4) is 0 Å². The molecule has 0 N–H and O–H groups in total. The van der Waals surface area contributed by atoms with E-state index in [2.05, 4.69) is 22.1 Å². The van der Waals surface area contributed by atoms with Gasteiger partial charge in [-0.05, 0) is 18.4 Å². The Morgan fingerprint density at radius 1 is 1.06 bits per heavy atom. The fraction of sp³-hybridized carbons (Fsp3) is 0.435. The Balaban J connectivity index is 1.46. The summed E-state index contributed by atoms with van der Waals surface area (Å²) in [4.78, 5) is 34.7. The smallest absolute Gasteiger partial charge is 0.332 e. The SMILES string of the molecule is CCCCCn1c2c(c(=O)n(CCCc3noc(Cc4ccccc4)n3)c1=O)CC(Cl)=N2. The summed E-state index contributed by atoms with van der Waals surface area (Å²) in [6.45, 7) is 2.90. The van der Waals surface area contributed by atoms with Gasteiger partial charge < -0.3 is 4.52 Å². The van der Waals surface area contributed by atoms with Crippen molar-refractivity contribution in [2.45, 2.75) is 65.0 Å². The molecule has 0 bridgehead atoms. The van der Waals surface area contributed by atoms with Crippen molar-refractivity contribution in [3.05, 3.63) is 74.0 Å². The van der Waals surface area contributed by atoms with E-state index in [1.807, 2.05) is 30.3 Å². The first-order chi connectivity index (χ1) is 15.6. The average Bonchev–Trinajstić information content (AvgIpc) is 3.40. The van der Waals surface area contributed by atoms with E-state index in [4.69, 9.17) is 16.1 Å². The van der Waals surface area contributed by atoms with Crippen LogP contribution in [0.4, 0.5) is 5.82 Å². The van der Waals surface area contributed by atoms with E-state index < -0.39 is 0 Å². The van der Waals surface area contributed by atoms with Crippen LogP contribution in [0.5, 0.6) is 0 Å². The first-order valence-electron chi connectivity index (χ1n) is 11.0. The van der Waals surface area contributed by atoms with Crippen LogP contribution in [0.2, 0.25) is 0 Å². The zero-order valence-corrected chi connectivity index (χ0v) is 18.8. The summed E-state index contributed by atoms with van der Waals surface area (Å²) in [5.74, 6) is 1.53. The lowest BCUT2D eigenvalue weighted by Crippen LogP contribution is -2.41. The highest BCUT2D eigenvalue weighted by molar-refractivity contribution is 6.66. The van der Waals surface area contributed by atoms with Crippen molar-refractivity contribution in [2.75, 3.05) is 0 Å². The van der Waals surface area contributed by atoms with Crippen molar-refractivity contribution in [3.63, 3.8) is 0 Å². The highest BCUT2D eigenvalue weighted by Crippen LogP contribution is 2.24. The van der Waals surface area contributed by atoms with E-state index in [-0.39, 0.29) is 24.2 Å². The van der Waals surface area contributed by atoms with E-state index in [1.54, 1.807) is 4.57 Å². The number of aromatic nitrogens is 4. The topological polar surface area (TPSA) is 95.3 Å². The summed E-state index contributed by atoms with van der Waals surface area (Å²) >= 11 is 6.09. The van der Waals surface area contributed by atoms with E-state index >= 15 is 0 Å². The van der Waals surface area contributed by atoms with Gasteiger partial charge in [0, 0.05) is 25.9 Å². The van der Waals surface area contributed by atoms with E-state index in [1.165, 1.54) is 4.57 Å². The van der Waals surface area contributed by atoms with Gasteiger partial charge >= 0.3 is 5.69 Å². The molecule has 0 fully saturated rings. The molecule has 0 saturated heterocycles. The van der Waals surface area contributed by atoms with Gasteiger partial charge in [0.15, 0.2) is 5.82 Å². The molecule has 0 spiro atoms. The van der Waals surface area contributed by atoms with E-state index in [0.29, 0.717) is 54.1 Å². The van der Waals surface area contributed by atoms with Gasteiger partial charge in [0.25, 0.3) is 5.56 Å². The first kappa shape index (κ1) is 22.2. The highest BCUT2D eigenvalue weighted by Gasteiger charge is 2.24. The van der Waals surface area contributed by atoms with Crippen molar-refractivity contribution >= 4 is 22.6 Å². The molecular formula is C23H26ClN5O3. The molecule has 0 saturated carbocycles. The molecular weight excluding hydrogens is 430 g/mol. The zero-order chi connectivity index (χ0) is 22.5. The molecule has 1 aromatic carbocycles. The molecule has 168 valence electrons. The average molecular weight is 456 g/mol. The molecule has 0 amide bonds. The zero-order valence-electron chi connectivity index (χ0n) is 18.1. The monoisotopic (exact) mass is 455 g/mol. The van der Waals surface area contributed by atoms with Gasteiger partial charge in [-0.2, -0.15) is 4.98 Å². The predicted octanol–water partition coefficient (Wildman–Crippen LogP) is 3.63. The van der Waals surface area contributed by atoms with Crippen LogP contribution in [-0.2, 0) is 32.4 Å². The second-order valence-electron chi connectivity index (χ2n) is 7.94. The van der Waals surface area contributed by atoms with Crippen molar-refractivity contribution < 1.29 is 4.52 Å². The molecule has 1 aliphatic rings. The van der Waals surface area contributed by atoms with Crippen LogP contribution in [0.1, 0.15) is 55.4 Å². The summed E-state index contributed by atoms with van der Waals surface area (Å²) in [7, 11) is 0. The lowest BCUT2D eigenvalue weighted by atomic mass is 10.1. The molecule has 0 unspecified atom stereocenters. The van der Waals surface area contributed by atoms with Crippen molar-refractivity contribution in [3.8, 4) is 0 Å². The number of halogens is 1. The van der Waals surface area contributed by atoms with Gasteiger partial charge in [0.2, 0.25) is 5.89 Å².